The molecule has 0 radical (unpaired) electrons. The lowest BCUT2D eigenvalue weighted by Gasteiger charge is -2.32. The van der Waals surface area contributed by atoms with Gasteiger partial charge in [0.05, 0.1) is 19.1 Å². The Morgan fingerprint density at radius 3 is 2.29 bits per heavy atom. The molecular formula is C32H40FN3O5S. The highest BCUT2D eigenvalue weighted by atomic mass is 32.2. The summed E-state index contributed by atoms with van der Waals surface area (Å²) in [5, 5.41) is 2.99. The van der Waals surface area contributed by atoms with Gasteiger partial charge in [-0.1, -0.05) is 55.8 Å². The Kier molecular flexibility index (Phi) is 12.3. The van der Waals surface area contributed by atoms with Gasteiger partial charge in [-0.15, -0.1) is 0 Å². The number of methoxy groups -OCH3 is 1. The van der Waals surface area contributed by atoms with Crippen LogP contribution in [0, 0.1) is 5.82 Å². The van der Waals surface area contributed by atoms with Crippen molar-refractivity contribution in [3.05, 3.63) is 95.8 Å². The first-order valence-corrected chi connectivity index (χ1v) is 15.9. The lowest BCUT2D eigenvalue weighted by Crippen LogP contribution is -2.50. The topological polar surface area (TPSA) is 96.0 Å². The maximum absolute atomic E-state index is 13.9. The van der Waals surface area contributed by atoms with Gasteiger partial charge in [0.25, 0.3) is 0 Å². The van der Waals surface area contributed by atoms with Crippen LogP contribution < -0.4 is 14.4 Å². The maximum atomic E-state index is 13.9. The Balaban J connectivity index is 1.88. The van der Waals surface area contributed by atoms with Crippen LogP contribution in [0.15, 0.2) is 78.9 Å². The largest absolute Gasteiger partial charge is 0.497 e. The molecule has 0 heterocycles. The average molecular weight is 598 g/mol. The number of sulfonamides is 1. The molecule has 226 valence electrons. The summed E-state index contributed by atoms with van der Waals surface area (Å²) in [6.45, 7) is 2.73. The molecule has 3 aromatic rings. The quantitative estimate of drug-likeness (QED) is 0.236. The van der Waals surface area contributed by atoms with Gasteiger partial charge in [-0.3, -0.25) is 13.9 Å². The van der Waals surface area contributed by atoms with Crippen molar-refractivity contribution in [1.29, 1.82) is 0 Å². The highest BCUT2D eigenvalue weighted by Crippen LogP contribution is 2.22. The highest BCUT2D eigenvalue weighted by Gasteiger charge is 2.30. The lowest BCUT2D eigenvalue weighted by molar-refractivity contribution is -0.141. The summed E-state index contributed by atoms with van der Waals surface area (Å²) in [6, 6.07) is 21.3. The fourth-order valence-electron chi connectivity index (χ4n) is 4.64. The zero-order valence-corrected chi connectivity index (χ0v) is 25.3. The molecule has 0 saturated heterocycles. The molecule has 10 heteroatoms. The number of carbonyl (C=O) groups is 2. The molecule has 0 spiro atoms. The minimum atomic E-state index is -3.68. The number of carbonyl (C=O) groups excluding carboxylic acids is 2. The zero-order valence-electron chi connectivity index (χ0n) is 24.5. The third-order valence-electron chi connectivity index (χ3n) is 6.85. The molecule has 0 aromatic heterocycles. The summed E-state index contributed by atoms with van der Waals surface area (Å²) in [7, 11) is -2.12. The number of amides is 2. The van der Waals surface area contributed by atoms with Gasteiger partial charge in [-0.25, -0.2) is 12.8 Å². The highest BCUT2D eigenvalue weighted by molar-refractivity contribution is 7.92. The Morgan fingerprint density at radius 1 is 0.952 bits per heavy atom. The van der Waals surface area contributed by atoms with E-state index in [-0.39, 0.29) is 37.7 Å². The molecule has 0 aliphatic heterocycles. The van der Waals surface area contributed by atoms with Gasteiger partial charge in [0, 0.05) is 32.5 Å². The van der Waals surface area contributed by atoms with Crippen molar-refractivity contribution in [3.8, 4) is 5.75 Å². The maximum Gasteiger partial charge on any atom is 0.243 e. The van der Waals surface area contributed by atoms with E-state index in [0.29, 0.717) is 24.4 Å². The predicted molar refractivity (Wildman–Crippen MR) is 163 cm³/mol. The van der Waals surface area contributed by atoms with E-state index < -0.39 is 21.9 Å². The lowest BCUT2D eigenvalue weighted by atomic mass is 10.0. The Bertz CT molecular complexity index is 1400. The second kappa shape index (κ2) is 15.9. The van der Waals surface area contributed by atoms with Crippen LogP contribution in [0.5, 0.6) is 5.75 Å². The van der Waals surface area contributed by atoms with E-state index in [1.165, 1.54) is 24.3 Å². The molecule has 1 N–H and O–H groups in total. The van der Waals surface area contributed by atoms with Crippen LogP contribution >= 0.6 is 0 Å². The summed E-state index contributed by atoms with van der Waals surface area (Å²) >= 11 is 0. The number of rotatable bonds is 16. The third-order valence-corrected chi connectivity index (χ3v) is 8.05. The number of halogens is 1. The molecule has 0 unspecified atom stereocenters. The van der Waals surface area contributed by atoms with E-state index in [0.717, 1.165) is 34.5 Å². The second-order valence-electron chi connectivity index (χ2n) is 10.1. The first-order chi connectivity index (χ1) is 20.1. The van der Waals surface area contributed by atoms with Crippen molar-refractivity contribution in [2.75, 3.05) is 30.8 Å². The number of nitrogens with one attached hydrogen (secondary N) is 1. The molecule has 0 aliphatic rings. The average Bonchev–Trinajstić information content (AvgIpc) is 2.97. The second-order valence-corrected chi connectivity index (χ2v) is 12.0. The zero-order chi connectivity index (χ0) is 30.5. The standard InChI is InChI=1S/C32H40FN3O5S/c1-4-5-20-34-32(38)30(23-25-11-7-6-8-12-25)35(24-26-13-9-14-29(22-26)41-2)31(37)15-10-21-36(42(3,39)40)28-18-16-27(33)17-19-28/h6-9,11-14,16-19,22,30H,4-5,10,15,20-21,23-24H2,1-3H3,(H,34,38)/t30-/m0/s1. The van der Waals surface area contributed by atoms with Gasteiger partial charge in [0.15, 0.2) is 0 Å². The van der Waals surface area contributed by atoms with Crippen LogP contribution in [0.25, 0.3) is 0 Å². The SMILES string of the molecule is CCCCNC(=O)[C@H](Cc1ccccc1)N(Cc1cccc(OC)c1)C(=O)CCCN(c1ccc(F)cc1)S(C)(=O)=O. The molecule has 2 amide bonds. The summed E-state index contributed by atoms with van der Waals surface area (Å²) in [5.41, 5.74) is 2.03. The van der Waals surface area contributed by atoms with Gasteiger partial charge < -0.3 is 15.0 Å². The smallest absolute Gasteiger partial charge is 0.243 e. The fraction of sp³-hybridized carbons (Fsp3) is 0.375. The number of benzene rings is 3. The normalized spacial score (nSPS) is 11.9. The Labute approximate surface area is 248 Å². The number of unbranched alkanes of at least 4 members (excludes halogenated alkanes) is 1. The van der Waals surface area contributed by atoms with Gasteiger partial charge in [0.1, 0.15) is 17.6 Å². The first-order valence-electron chi connectivity index (χ1n) is 14.1. The van der Waals surface area contributed by atoms with Crippen molar-refractivity contribution < 1.29 is 27.1 Å². The Hall–Kier alpha value is -3.92. The molecule has 0 aliphatic carbocycles. The van der Waals surface area contributed by atoms with Gasteiger partial charge in [-0.2, -0.15) is 0 Å². The minimum Gasteiger partial charge on any atom is -0.497 e. The van der Waals surface area contributed by atoms with Crippen molar-refractivity contribution in [2.45, 2.75) is 51.6 Å². The van der Waals surface area contributed by atoms with Crippen molar-refractivity contribution >= 4 is 27.5 Å². The molecular weight excluding hydrogens is 557 g/mol. The monoisotopic (exact) mass is 597 g/mol. The van der Waals surface area contributed by atoms with E-state index in [4.69, 9.17) is 4.74 Å². The van der Waals surface area contributed by atoms with Crippen molar-refractivity contribution in [1.82, 2.24) is 10.2 Å². The van der Waals surface area contributed by atoms with Gasteiger partial charge >= 0.3 is 0 Å². The molecule has 1 atom stereocenters. The van der Waals surface area contributed by atoms with Crippen LogP contribution in [-0.2, 0) is 32.6 Å². The molecule has 8 nitrogen and oxygen atoms in total. The van der Waals surface area contributed by atoms with Crippen molar-refractivity contribution in [3.63, 3.8) is 0 Å². The minimum absolute atomic E-state index is 0.00468. The van der Waals surface area contributed by atoms with Crippen LogP contribution in [0.2, 0.25) is 0 Å². The molecule has 0 bridgehead atoms. The summed E-state index contributed by atoms with van der Waals surface area (Å²) in [5.74, 6) is -0.364. The van der Waals surface area contributed by atoms with Crippen LogP contribution in [0.1, 0.15) is 43.7 Å². The van der Waals surface area contributed by atoms with E-state index in [9.17, 15) is 22.4 Å². The van der Waals surface area contributed by atoms with Crippen molar-refractivity contribution in [2.24, 2.45) is 0 Å². The molecule has 42 heavy (non-hydrogen) atoms. The van der Waals surface area contributed by atoms with Crippen LogP contribution in [0.4, 0.5) is 10.1 Å². The van der Waals surface area contributed by atoms with E-state index in [1.807, 2.05) is 61.5 Å². The summed E-state index contributed by atoms with van der Waals surface area (Å²) in [4.78, 5) is 29.0. The summed E-state index contributed by atoms with van der Waals surface area (Å²) in [6.07, 6.45) is 3.33. The first kappa shape index (κ1) is 32.6. The molecule has 3 rings (SSSR count). The third kappa shape index (κ3) is 9.87. The van der Waals surface area contributed by atoms with Gasteiger partial charge in [-0.05, 0) is 60.4 Å². The number of hydrogen-bond donors (Lipinski definition) is 1. The number of hydrogen-bond acceptors (Lipinski definition) is 5. The van der Waals surface area contributed by atoms with Crippen LogP contribution in [0.3, 0.4) is 0 Å². The van der Waals surface area contributed by atoms with Gasteiger partial charge in [0.2, 0.25) is 21.8 Å². The molecule has 0 fully saturated rings. The van der Waals surface area contributed by atoms with E-state index in [1.54, 1.807) is 12.0 Å². The number of nitrogens with zero attached hydrogens (tertiary/aromatic N) is 2. The Morgan fingerprint density at radius 2 is 1.64 bits per heavy atom. The summed E-state index contributed by atoms with van der Waals surface area (Å²) < 4.78 is 45.0. The predicted octanol–water partition coefficient (Wildman–Crippen LogP) is 4.94. The number of ether oxygens (including phenoxy) is 1. The van der Waals surface area contributed by atoms with E-state index >= 15 is 0 Å². The molecule has 3 aromatic carbocycles. The van der Waals surface area contributed by atoms with E-state index in [2.05, 4.69) is 5.32 Å². The molecule has 0 saturated carbocycles. The number of anilines is 1. The fourth-order valence-corrected chi connectivity index (χ4v) is 5.60. The van der Waals surface area contributed by atoms with Crippen LogP contribution in [-0.4, -0.2) is 57.6 Å².